The number of aryl methyl sites for hydroxylation is 1. The summed E-state index contributed by atoms with van der Waals surface area (Å²) in [5.41, 5.74) is 1.06. The molecule has 5 nitrogen and oxygen atoms in total. The first-order valence-corrected chi connectivity index (χ1v) is 5.99. The summed E-state index contributed by atoms with van der Waals surface area (Å²) in [6, 6.07) is 0. The van der Waals surface area contributed by atoms with Crippen molar-refractivity contribution in [2.75, 3.05) is 31.3 Å². The zero-order valence-corrected chi connectivity index (χ0v) is 10.7. The lowest BCUT2D eigenvalue weighted by Gasteiger charge is -2.40. The molecule has 0 radical (unpaired) electrons. The van der Waals surface area contributed by atoms with E-state index in [0.717, 1.165) is 30.8 Å². The van der Waals surface area contributed by atoms with Crippen LogP contribution in [-0.4, -0.2) is 36.3 Å². The summed E-state index contributed by atoms with van der Waals surface area (Å²) < 4.78 is 5.57. The average molecular weight is 236 g/mol. The molecule has 0 unspecified atom stereocenters. The molecule has 0 amide bonds. The van der Waals surface area contributed by atoms with Crippen molar-refractivity contribution in [1.82, 2.24) is 9.97 Å². The van der Waals surface area contributed by atoms with Crippen LogP contribution in [0.3, 0.4) is 0 Å². The van der Waals surface area contributed by atoms with E-state index >= 15 is 0 Å². The standard InChI is InChI=1S/C12H20N4O/c1-9-7-14-11(13-2)16-10(9)15-8-12(17-3)5-4-6-12/h7H,4-6,8H2,1-3H3,(H2,13,14,15,16). The van der Waals surface area contributed by atoms with Crippen LogP contribution in [-0.2, 0) is 4.74 Å². The smallest absolute Gasteiger partial charge is 0.224 e. The minimum atomic E-state index is 0.0111. The van der Waals surface area contributed by atoms with Crippen molar-refractivity contribution in [3.63, 3.8) is 0 Å². The second-order valence-corrected chi connectivity index (χ2v) is 4.57. The molecular formula is C12H20N4O. The van der Waals surface area contributed by atoms with Gasteiger partial charge in [0, 0.05) is 32.5 Å². The Morgan fingerprint density at radius 2 is 2.24 bits per heavy atom. The van der Waals surface area contributed by atoms with Crippen molar-refractivity contribution >= 4 is 11.8 Å². The van der Waals surface area contributed by atoms with Crippen LogP contribution in [0.15, 0.2) is 6.20 Å². The van der Waals surface area contributed by atoms with Gasteiger partial charge in [0.2, 0.25) is 5.95 Å². The number of aromatic nitrogens is 2. The average Bonchev–Trinajstić information content (AvgIpc) is 2.30. The number of nitrogens with zero attached hydrogens (tertiary/aromatic N) is 2. The molecule has 1 aromatic rings. The molecule has 0 saturated heterocycles. The number of hydrogen-bond acceptors (Lipinski definition) is 5. The van der Waals surface area contributed by atoms with Crippen LogP contribution in [0, 0.1) is 6.92 Å². The Morgan fingerprint density at radius 1 is 1.47 bits per heavy atom. The van der Waals surface area contributed by atoms with E-state index in [-0.39, 0.29) is 5.60 Å². The molecule has 0 atom stereocenters. The molecule has 2 rings (SSSR count). The van der Waals surface area contributed by atoms with Crippen LogP contribution < -0.4 is 10.6 Å². The van der Waals surface area contributed by atoms with Crippen LogP contribution in [0.2, 0.25) is 0 Å². The summed E-state index contributed by atoms with van der Waals surface area (Å²) in [7, 11) is 3.60. The Hall–Kier alpha value is -1.36. The fraction of sp³-hybridized carbons (Fsp3) is 0.667. The quantitative estimate of drug-likeness (QED) is 0.816. The highest BCUT2D eigenvalue weighted by molar-refractivity contribution is 5.46. The summed E-state index contributed by atoms with van der Waals surface area (Å²) in [5, 5.41) is 6.31. The molecule has 94 valence electrons. The van der Waals surface area contributed by atoms with Crippen LogP contribution in [0.5, 0.6) is 0 Å². The van der Waals surface area contributed by atoms with Gasteiger partial charge in [-0.2, -0.15) is 4.98 Å². The molecule has 2 N–H and O–H groups in total. The van der Waals surface area contributed by atoms with Gasteiger partial charge in [0.15, 0.2) is 0 Å². The third-order valence-electron chi connectivity index (χ3n) is 3.47. The molecule has 1 aliphatic rings. The molecule has 0 spiro atoms. The maximum atomic E-state index is 5.57. The maximum Gasteiger partial charge on any atom is 0.224 e. The topological polar surface area (TPSA) is 59.1 Å². The first-order valence-electron chi connectivity index (χ1n) is 5.99. The van der Waals surface area contributed by atoms with Gasteiger partial charge in [-0.05, 0) is 26.2 Å². The highest BCUT2D eigenvalue weighted by atomic mass is 16.5. The van der Waals surface area contributed by atoms with Crippen LogP contribution in [0.1, 0.15) is 24.8 Å². The summed E-state index contributed by atoms with van der Waals surface area (Å²) in [5.74, 6) is 1.52. The summed E-state index contributed by atoms with van der Waals surface area (Å²) in [6.45, 7) is 2.81. The highest BCUT2D eigenvalue weighted by Gasteiger charge is 2.36. The molecular weight excluding hydrogens is 216 g/mol. The SMILES string of the molecule is CNc1ncc(C)c(NCC2(OC)CCC2)n1. The van der Waals surface area contributed by atoms with Crippen molar-refractivity contribution in [3.8, 4) is 0 Å². The fourth-order valence-electron chi connectivity index (χ4n) is 2.01. The van der Waals surface area contributed by atoms with Crippen molar-refractivity contribution in [3.05, 3.63) is 11.8 Å². The fourth-order valence-corrected chi connectivity index (χ4v) is 2.01. The van der Waals surface area contributed by atoms with Gasteiger partial charge < -0.3 is 15.4 Å². The molecule has 0 bridgehead atoms. The number of hydrogen-bond donors (Lipinski definition) is 2. The largest absolute Gasteiger partial charge is 0.376 e. The molecule has 1 saturated carbocycles. The van der Waals surface area contributed by atoms with Gasteiger partial charge in [0.25, 0.3) is 0 Å². The zero-order chi connectivity index (χ0) is 12.3. The van der Waals surface area contributed by atoms with Gasteiger partial charge in [-0.1, -0.05) is 0 Å². The molecule has 0 aromatic carbocycles. The Labute approximate surface area is 102 Å². The second-order valence-electron chi connectivity index (χ2n) is 4.57. The van der Waals surface area contributed by atoms with Gasteiger partial charge in [-0.3, -0.25) is 0 Å². The first kappa shape index (κ1) is 12.1. The van der Waals surface area contributed by atoms with E-state index in [2.05, 4.69) is 20.6 Å². The Bertz CT molecular complexity index is 385. The number of ether oxygens (including phenoxy) is 1. The lowest BCUT2D eigenvalue weighted by Crippen LogP contribution is -2.45. The predicted molar refractivity (Wildman–Crippen MR) is 68.4 cm³/mol. The molecule has 1 aromatic heterocycles. The highest BCUT2D eigenvalue weighted by Crippen LogP contribution is 2.35. The van der Waals surface area contributed by atoms with E-state index < -0.39 is 0 Å². The summed E-state index contributed by atoms with van der Waals surface area (Å²) >= 11 is 0. The number of anilines is 2. The lowest BCUT2D eigenvalue weighted by molar-refractivity contribution is -0.0601. The van der Waals surface area contributed by atoms with E-state index in [1.54, 1.807) is 7.11 Å². The zero-order valence-electron chi connectivity index (χ0n) is 10.7. The number of methoxy groups -OCH3 is 1. The van der Waals surface area contributed by atoms with Crippen molar-refractivity contribution in [1.29, 1.82) is 0 Å². The maximum absolute atomic E-state index is 5.57. The predicted octanol–water partition coefficient (Wildman–Crippen LogP) is 1.81. The van der Waals surface area contributed by atoms with Crippen LogP contribution in [0.25, 0.3) is 0 Å². The van der Waals surface area contributed by atoms with E-state index in [0.29, 0.717) is 5.95 Å². The minimum Gasteiger partial charge on any atom is -0.376 e. The van der Waals surface area contributed by atoms with Crippen molar-refractivity contribution < 1.29 is 4.74 Å². The van der Waals surface area contributed by atoms with E-state index in [4.69, 9.17) is 4.74 Å². The number of rotatable bonds is 5. The normalized spacial score (nSPS) is 17.4. The van der Waals surface area contributed by atoms with Crippen LogP contribution >= 0.6 is 0 Å². The molecule has 0 aliphatic heterocycles. The summed E-state index contributed by atoms with van der Waals surface area (Å²) in [6.07, 6.45) is 5.32. The summed E-state index contributed by atoms with van der Waals surface area (Å²) in [4.78, 5) is 8.56. The van der Waals surface area contributed by atoms with Gasteiger partial charge in [-0.25, -0.2) is 4.98 Å². The number of nitrogens with one attached hydrogen (secondary N) is 2. The van der Waals surface area contributed by atoms with E-state index in [1.165, 1.54) is 6.42 Å². The first-order chi connectivity index (χ1) is 8.19. The molecule has 5 heteroatoms. The van der Waals surface area contributed by atoms with Gasteiger partial charge in [-0.15, -0.1) is 0 Å². The Kier molecular flexibility index (Phi) is 3.47. The molecule has 17 heavy (non-hydrogen) atoms. The Balaban J connectivity index is 2.02. The Morgan fingerprint density at radius 3 is 2.76 bits per heavy atom. The van der Waals surface area contributed by atoms with Gasteiger partial charge >= 0.3 is 0 Å². The minimum absolute atomic E-state index is 0.0111. The lowest BCUT2D eigenvalue weighted by atomic mass is 9.80. The molecule has 1 heterocycles. The second kappa shape index (κ2) is 4.87. The van der Waals surface area contributed by atoms with Crippen molar-refractivity contribution in [2.45, 2.75) is 31.8 Å². The monoisotopic (exact) mass is 236 g/mol. The molecule has 1 aliphatic carbocycles. The van der Waals surface area contributed by atoms with E-state index in [1.807, 2.05) is 20.2 Å². The third kappa shape index (κ3) is 2.49. The molecule has 1 fully saturated rings. The van der Waals surface area contributed by atoms with Crippen molar-refractivity contribution in [2.24, 2.45) is 0 Å². The third-order valence-corrected chi connectivity index (χ3v) is 3.47. The van der Waals surface area contributed by atoms with Crippen LogP contribution in [0.4, 0.5) is 11.8 Å². The van der Waals surface area contributed by atoms with Gasteiger partial charge in [0.1, 0.15) is 5.82 Å². The van der Waals surface area contributed by atoms with Gasteiger partial charge in [0.05, 0.1) is 5.60 Å². The van der Waals surface area contributed by atoms with E-state index in [9.17, 15) is 0 Å².